The number of fused-ring (bicyclic) bond motifs is 1. The molecular weight excluding hydrogens is 304 g/mol. The van der Waals surface area contributed by atoms with Gasteiger partial charge in [-0.15, -0.1) is 0 Å². The second-order valence-corrected chi connectivity index (χ2v) is 6.84. The van der Waals surface area contributed by atoms with Gasteiger partial charge in [0.05, 0.1) is 13.2 Å². The van der Waals surface area contributed by atoms with Crippen LogP contribution >= 0.6 is 0 Å². The van der Waals surface area contributed by atoms with Crippen LogP contribution in [0.3, 0.4) is 0 Å². The molecule has 1 fully saturated rings. The van der Waals surface area contributed by atoms with Crippen molar-refractivity contribution in [3.05, 3.63) is 52.4 Å². The van der Waals surface area contributed by atoms with Gasteiger partial charge >= 0.3 is 0 Å². The van der Waals surface area contributed by atoms with Crippen molar-refractivity contribution in [1.82, 2.24) is 10.1 Å². The standard InChI is InChI=1S/C19H22N2O3/c1-13-3-2-4-15(9-13)19(22)21-8-7-18-16(10-21)17(20-24-18)12-23-11-14-5-6-14/h2-4,9,14H,5-8,10-12H2,1H3. The summed E-state index contributed by atoms with van der Waals surface area (Å²) < 4.78 is 11.2. The van der Waals surface area contributed by atoms with Crippen molar-refractivity contribution >= 4 is 5.91 Å². The zero-order chi connectivity index (χ0) is 16.5. The van der Waals surface area contributed by atoms with Crippen molar-refractivity contribution in [1.29, 1.82) is 0 Å². The fraction of sp³-hybridized carbons (Fsp3) is 0.474. The lowest BCUT2D eigenvalue weighted by atomic mass is 10.0. The van der Waals surface area contributed by atoms with Gasteiger partial charge in [0.1, 0.15) is 11.5 Å². The summed E-state index contributed by atoms with van der Waals surface area (Å²) in [5.41, 5.74) is 3.70. The van der Waals surface area contributed by atoms with Crippen molar-refractivity contribution in [3.8, 4) is 0 Å². The van der Waals surface area contributed by atoms with E-state index in [0.717, 1.165) is 40.7 Å². The van der Waals surface area contributed by atoms with E-state index in [1.165, 1.54) is 12.8 Å². The van der Waals surface area contributed by atoms with Crippen LogP contribution in [0.1, 0.15) is 45.8 Å². The molecule has 1 aliphatic heterocycles. The van der Waals surface area contributed by atoms with E-state index in [4.69, 9.17) is 9.26 Å². The van der Waals surface area contributed by atoms with Gasteiger partial charge in [0.2, 0.25) is 0 Å². The van der Waals surface area contributed by atoms with Gasteiger partial charge < -0.3 is 14.2 Å². The highest BCUT2D eigenvalue weighted by atomic mass is 16.5. The second-order valence-electron chi connectivity index (χ2n) is 6.84. The molecule has 0 spiro atoms. The molecule has 5 nitrogen and oxygen atoms in total. The van der Waals surface area contributed by atoms with Gasteiger partial charge in [-0.25, -0.2) is 0 Å². The number of carbonyl (C=O) groups excluding carboxylic acids is 1. The molecule has 5 heteroatoms. The Kier molecular flexibility index (Phi) is 4.10. The number of aryl methyl sites for hydroxylation is 1. The number of benzene rings is 1. The van der Waals surface area contributed by atoms with Gasteiger partial charge in [-0.05, 0) is 37.8 Å². The van der Waals surface area contributed by atoms with Crippen LogP contribution < -0.4 is 0 Å². The average molecular weight is 326 g/mol. The highest BCUT2D eigenvalue weighted by molar-refractivity contribution is 5.94. The third-order valence-electron chi connectivity index (χ3n) is 4.75. The molecule has 0 saturated heterocycles. The fourth-order valence-electron chi connectivity index (χ4n) is 3.12. The Labute approximate surface area is 141 Å². The number of hydrogen-bond donors (Lipinski definition) is 0. The summed E-state index contributed by atoms with van der Waals surface area (Å²) in [6.45, 7) is 4.49. The third-order valence-corrected chi connectivity index (χ3v) is 4.75. The molecule has 2 aromatic rings. The molecule has 1 saturated carbocycles. The third kappa shape index (κ3) is 3.22. The topological polar surface area (TPSA) is 55.6 Å². The Balaban J connectivity index is 1.45. The van der Waals surface area contributed by atoms with Gasteiger partial charge in [-0.2, -0.15) is 0 Å². The Morgan fingerprint density at radius 1 is 1.42 bits per heavy atom. The first-order chi connectivity index (χ1) is 11.7. The summed E-state index contributed by atoms with van der Waals surface area (Å²) in [6.07, 6.45) is 3.26. The Hall–Kier alpha value is -2.14. The maximum atomic E-state index is 12.8. The van der Waals surface area contributed by atoms with Crippen LogP contribution in [-0.4, -0.2) is 29.1 Å². The van der Waals surface area contributed by atoms with E-state index in [0.29, 0.717) is 26.1 Å². The van der Waals surface area contributed by atoms with Crippen molar-refractivity contribution in [3.63, 3.8) is 0 Å². The number of nitrogens with zero attached hydrogens (tertiary/aromatic N) is 2. The zero-order valence-electron chi connectivity index (χ0n) is 14.0. The molecule has 0 atom stereocenters. The molecule has 0 N–H and O–H groups in total. The Bertz CT molecular complexity index is 749. The van der Waals surface area contributed by atoms with Crippen LogP contribution in [0.15, 0.2) is 28.8 Å². The minimum absolute atomic E-state index is 0.0652. The molecular formula is C19H22N2O3. The molecule has 1 amide bonds. The van der Waals surface area contributed by atoms with Gasteiger partial charge in [-0.1, -0.05) is 22.9 Å². The van der Waals surface area contributed by atoms with E-state index < -0.39 is 0 Å². The molecule has 0 bridgehead atoms. The van der Waals surface area contributed by atoms with Gasteiger partial charge in [0, 0.05) is 30.7 Å². The lowest BCUT2D eigenvalue weighted by molar-refractivity contribution is 0.0725. The van der Waals surface area contributed by atoms with E-state index in [1.54, 1.807) is 0 Å². The van der Waals surface area contributed by atoms with Crippen LogP contribution in [0.4, 0.5) is 0 Å². The molecule has 1 aromatic carbocycles. The summed E-state index contributed by atoms with van der Waals surface area (Å²) in [7, 11) is 0. The first kappa shape index (κ1) is 15.4. The van der Waals surface area contributed by atoms with Crippen molar-refractivity contribution in [2.24, 2.45) is 5.92 Å². The van der Waals surface area contributed by atoms with Crippen molar-refractivity contribution < 1.29 is 14.1 Å². The summed E-state index contributed by atoms with van der Waals surface area (Å²) in [4.78, 5) is 14.6. The number of aromatic nitrogens is 1. The van der Waals surface area contributed by atoms with Crippen molar-refractivity contribution in [2.75, 3.05) is 13.2 Å². The first-order valence-corrected chi connectivity index (χ1v) is 8.60. The van der Waals surface area contributed by atoms with E-state index in [9.17, 15) is 4.79 Å². The minimum atomic E-state index is 0.0652. The molecule has 24 heavy (non-hydrogen) atoms. The molecule has 0 radical (unpaired) electrons. The van der Waals surface area contributed by atoms with E-state index in [1.807, 2.05) is 36.1 Å². The van der Waals surface area contributed by atoms with Crippen molar-refractivity contribution in [2.45, 2.75) is 39.3 Å². The number of ether oxygens (including phenoxy) is 1. The second kappa shape index (κ2) is 6.40. The number of carbonyl (C=O) groups is 1. The quantitative estimate of drug-likeness (QED) is 0.847. The largest absolute Gasteiger partial charge is 0.375 e. The Morgan fingerprint density at radius 3 is 3.08 bits per heavy atom. The van der Waals surface area contributed by atoms with Crippen LogP contribution in [0.5, 0.6) is 0 Å². The molecule has 126 valence electrons. The molecule has 4 rings (SSSR count). The average Bonchev–Trinajstić information content (AvgIpc) is 3.33. The number of hydrogen-bond acceptors (Lipinski definition) is 4. The zero-order valence-corrected chi connectivity index (χ0v) is 14.0. The van der Waals surface area contributed by atoms with E-state index >= 15 is 0 Å². The monoisotopic (exact) mass is 326 g/mol. The normalized spacial score (nSPS) is 17.0. The van der Waals surface area contributed by atoms with Crippen LogP contribution in [0.25, 0.3) is 0 Å². The summed E-state index contributed by atoms with van der Waals surface area (Å²) in [5.74, 6) is 1.69. The molecule has 0 unspecified atom stereocenters. The summed E-state index contributed by atoms with van der Waals surface area (Å²) in [6, 6.07) is 7.73. The smallest absolute Gasteiger partial charge is 0.254 e. The molecule has 1 aliphatic carbocycles. The van der Waals surface area contributed by atoms with Gasteiger partial charge in [0.25, 0.3) is 5.91 Å². The lowest BCUT2D eigenvalue weighted by Crippen LogP contribution is -2.36. The summed E-state index contributed by atoms with van der Waals surface area (Å²) >= 11 is 0. The van der Waals surface area contributed by atoms with E-state index in [2.05, 4.69) is 5.16 Å². The number of amides is 1. The van der Waals surface area contributed by atoms with Crippen LogP contribution in [0.2, 0.25) is 0 Å². The predicted molar refractivity (Wildman–Crippen MR) is 88.5 cm³/mol. The minimum Gasteiger partial charge on any atom is -0.375 e. The highest BCUT2D eigenvalue weighted by Crippen LogP contribution is 2.30. The predicted octanol–water partition coefficient (Wildman–Crippen LogP) is 3.11. The lowest BCUT2D eigenvalue weighted by Gasteiger charge is -2.26. The molecule has 2 aliphatic rings. The van der Waals surface area contributed by atoms with Gasteiger partial charge in [0.15, 0.2) is 0 Å². The molecule has 2 heterocycles. The SMILES string of the molecule is Cc1cccc(C(=O)N2CCc3onc(COCC4CC4)c3C2)c1. The van der Waals surface area contributed by atoms with Gasteiger partial charge in [-0.3, -0.25) is 4.79 Å². The summed E-state index contributed by atoms with van der Waals surface area (Å²) in [5, 5.41) is 4.16. The number of rotatable bonds is 5. The first-order valence-electron chi connectivity index (χ1n) is 8.60. The van der Waals surface area contributed by atoms with E-state index in [-0.39, 0.29) is 5.91 Å². The van der Waals surface area contributed by atoms with Crippen LogP contribution in [0, 0.1) is 12.8 Å². The van der Waals surface area contributed by atoms with Crippen LogP contribution in [-0.2, 0) is 24.3 Å². The Morgan fingerprint density at radius 2 is 2.29 bits per heavy atom. The fourth-order valence-corrected chi connectivity index (χ4v) is 3.12. The highest BCUT2D eigenvalue weighted by Gasteiger charge is 2.28. The maximum absolute atomic E-state index is 12.8. The maximum Gasteiger partial charge on any atom is 0.254 e. The molecule has 1 aromatic heterocycles.